The van der Waals surface area contributed by atoms with Crippen molar-refractivity contribution in [2.24, 2.45) is 11.8 Å². The molecule has 0 bridgehead atoms. The molecule has 0 spiro atoms. The summed E-state index contributed by atoms with van der Waals surface area (Å²) >= 11 is 0. The first kappa shape index (κ1) is 26.2. The Morgan fingerprint density at radius 2 is 1.62 bits per heavy atom. The monoisotopic (exact) mass is 493 g/mol. The van der Waals surface area contributed by atoms with Crippen LogP contribution in [-0.2, 0) is 16.7 Å². The van der Waals surface area contributed by atoms with Crippen molar-refractivity contribution in [3.8, 4) is 0 Å². The van der Waals surface area contributed by atoms with E-state index in [0.717, 1.165) is 12.5 Å². The van der Waals surface area contributed by atoms with Gasteiger partial charge in [0.1, 0.15) is 0 Å². The van der Waals surface area contributed by atoms with Crippen molar-refractivity contribution in [2.45, 2.75) is 37.2 Å². The maximum absolute atomic E-state index is 10.7. The van der Waals surface area contributed by atoms with Crippen LogP contribution in [-0.4, -0.2) is 37.0 Å². The zero-order chi connectivity index (χ0) is 24.8. The third-order valence-corrected chi connectivity index (χ3v) is 6.90. The number of rotatable bonds is 5. The first-order valence-corrected chi connectivity index (χ1v) is 12.7. The molecule has 1 saturated carbocycles. The lowest BCUT2D eigenvalue weighted by molar-refractivity contribution is -0.0510. The maximum atomic E-state index is 10.7. The Hall–Kier alpha value is -2.42. The Morgan fingerprint density at radius 3 is 2.21 bits per heavy atom. The van der Waals surface area contributed by atoms with E-state index in [2.05, 4.69) is 90.8 Å². The molecule has 8 heteroatoms. The van der Waals surface area contributed by atoms with E-state index in [4.69, 9.17) is 13.0 Å². The molecule has 0 saturated heterocycles. The van der Waals surface area contributed by atoms with E-state index in [1.54, 1.807) is 5.57 Å². The molecule has 2 aromatic carbocycles. The highest BCUT2D eigenvalue weighted by Crippen LogP contribution is 2.46. The van der Waals surface area contributed by atoms with Crippen molar-refractivity contribution in [3.05, 3.63) is 95.6 Å². The molecule has 2 aliphatic rings. The van der Waals surface area contributed by atoms with Crippen molar-refractivity contribution < 1.29 is 26.1 Å². The number of halogens is 3. The van der Waals surface area contributed by atoms with E-state index < -0.39 is 15.6 Å². The zero-order valence-electron chi connectivity index (χ0n) is 19.0. The molecular weight excluding hydrogens is 463 g/mol. The minimum Gasteiger partial charge on any atom is -0.302 e. The largest absolute Gasteiger partial charge is 0.522 e. The van der Waals surface area contributed by atoms with E-state index in [9.17, 15) is 13.2 Å². The van der Waals surface area contributed by atoms with Gasteiger partial charge < -0.3 is 4.90 Å². The van der Waals surface area contributed by atoms with Gasteiger partial charge in [-0.2, -0.15) is 21.6 Å². The number of fused-ring (bicyclic) bond motifs is 1. The third-order valence-electron chi connectivity index (χ3n) is 6.31. The molecule has 3 atom stereocenters. The van der Waals surface area contributed by atoms with Crippen LogP contribution in [0.25, 0.3) is 0 Å². The lowest BCUT2D eigenvalue weighted by Crippen LogP contribution is -2.36. The Labute approximate surface area is 199 Å². The normalized spacial score (nSPS) is 22.4. The maximum Gasteiger partial charge on any atom is 0.522 e. The van der Waals surface area contributed by atoms with Gasteiger partial charge in [-0.3, -0.25) is 4.55 Å². The van der Waals surface area contributed by atoms with Crippen molar-refractivity contribution >= 4 is 10.1 Å². The van der Waals surface area contributed by atoms with Crippen LogP contribution in [0.15, 0.2) is 84.5 Å². The highest BCUT2D eigenvalue weighted by Gasteiger charge is 2.44. The quantitative estimate of drug-likeness (QED) is 0.398. The number of benzene rings is 2. The number of nitrogens with zero attached hydrogens (tertiary/aromatic N) is 1. The number of allylic oxidation sites excluding steroid dienone is 4. The second-order valence-electron chi connectivity index (χ2n) is 8.84. The molecule has 0 heterocycles. The summed E-state index contributed by atoms with van der Waals surface area (Å²) in [6.45, 7) is 2.21. The summed E-state index contributed by atoms with van der Waals surface area (Å²) < 4.78 is 57.5. The molecular formula is C26H30F3NO3S. The fourth-order valence-corrected chi connectivity index (χ4v) is 4.91. The summed E-state index contributed by atoms with van der Waals surface area (Å²) in [6.07, 6.45) is 11.1. The Kier molecular flexibility index (Phi) is 8.73. The summed E-state index contributed by atoms with van der Waals surface area (Å²) in [5.41, 5.74) is -0.986. The summed E-state index contributed by atoms with van der Waals surface area (Å²) in [4.78, 5) is 2.52. The molecule has 1 N–H and O–H groups in total. The molecule has 4 nitrogen and oxygen atoms in total. The average Bonchev–Trinajstić information content (AvgIpc) is 2.79. The van der Waals surface area contributed by atoms with Gasteiger partial charge in [-0.15, -0.1) is 0 Å². The van der Waals surface area contributed by atoms with Gasteiger partial charge in [-0.05, 0) is 49.3 Å². The number of hydrogen-bond acceptors (Lipinski definition) is 3. The van der Waals surface area contributed by atoms with Gasteiger partial charge in [0.15, 0.2) is 0 Å². The molecule has 0 aromatic heterocycles. The summed E-state index contributed by atoms with van der Waals surface area (Å²) in [5, 5.41) is 0. The van der Waals surface area contributed by atoms with Gasteiger partial charge in [0, 0.05) is 19.0 Å². The van der Waals surface area contributed by atoms with Gasteiger partial charge >= 0.3 is 15.6 Å². The van der Waals surface area contributed by atoms with Gasteiger partial charge in [0.2, 0.25) is 0 Å². The lowest BCUT2D eigenvalue weighted by Gasteiger charge is -2.41. The Morgan fingerprint density at radius 1 is 1.03 bits per heavy atom. The van der Waals surface area contributed by atoms with Crippen LogP contribution in [0.3, 0.4) is 0 Å². The van der Waals surface area contributed by atoms with Gasteiger partial charge in [0.05, 0.1) is 0 Å². The smallest absolute Gasteiger partial charge is 0.302 e. The first-order chi connectivity index (χ1) is 16.1. The van der Waals surface area contributed by atoms with Gasteiger partial charge in [-0.1, -0.05) is 84.5 Å². The highest BCUT2D eigenvalue weighted by molar-refractivity contribution is 7.86. The van der Waals surface area contributed by atoms with Crippen molar-refractivity contribution in [1.82, 2.24) is 4.90 Å². The van der Waals surface area contributed by atoms with E-state index in [0.29, 0.717) is 11.8 Å². The average molecular weight is 494 g/mol. The van der Waals surface area contributed by atoms with Crippen LogP contribution in [0.2, 0.25) is 0 Å². The highest BCUT2D eigenvalue weighted by atomic mass is 32.2. The van der Waals surface area contributed by atoms with E-state index in [1.807, 2.05) is 0 Å². The third kappa shape index (κ3) is 7.04. The molecule has 1 unspecified atom stereocenters. The van der Waals surface area contributed by atoms with E-state index >= 15 is 0 Å². The first-order valence-electron chi connectivity index (χ1n) is 11.2. The minimum absolute atomic E-state index is 0.534. The van der Waals surface area contributed by atoms with Crippen LogP contribution in [0.5, 0.6) is 0 Å². The molecule has 0 aliphatic heterocycles. The van der Waals surface area contributed by atoms with Crippen LogP contribution in [0, 0.1) is 11.8 Å². The SMILES string of the molecule is CN(Cc1ccccc1)CC1CCCC2=CC=C[C@H](c3ccccc3)[C@H]21.O=S(=O)(O)C(F)(F)F. The fourth-order valence-electron chi connectivity index (χ4n) is 4.91. The number of hydrogen-bond donors (Lipinski definition) is 1. The minimum atomic E-state index is -5.84. The van der Waals surface area contributed by atoms with Gasteiger partial charge in [0.25, 0.3) is 0 Å². The summed E-state index contributed by atoms with van der Waals surface area (Å²) in [7, 11) is -3.56. The second-order valence-corrected chi connectivity index (χ2v) is 10.3. The molecule has 4 rings (SSSR count). The Balaban J connectivity index is 0.000000350. The molecule has 1 fully saturated rings. The van der Waals surface area contributed by atoms with Crippen LogP contribution in [0.4, 0.5) is 13.2 Å². The Bertz CT molecular complexity index is 1080. The molecule has 2 aromatic rings. The van der Waals surface area contributed by atoms with Crippen LogP contribution < -0.4 is 0 Å². The van der Waals surface area contributed by atoms with Crippen molar-refractivity contribution in [2.75, 3.05) is 13.6 Å². The van der Waals surface area contributed by atoms with Gasteiger partial charge in [-0.25, -0.2) is 0 Å². The topological polar surface area (TPSA) is 57.6 Å². The molecule has 34 heavy (non-hydrogen) atoms. The van der Waals surface area contributed by atoms with Crippen molar-refractivity contribution in [3.63, 3.8) is 0 Å². The van der Waals surface area contributed by atoms with Crippen molar-refractivity contribution in [1.29, 1.82) is 0 Å². The lowest BCUT2D eigenvalue weighted by atomic mass is 9.65. The van der Waals surface area contributed by atoms with E-state index in [-0.39, 0.29) is 0 Å². The molecule has 2 aliphatic carbocycles. The summed E-state index contributed by atoms with van der Waals surface area (Å²) in [6, 6.07) is 21.9. The predicted octanol–water partition coefficient (Wildman–Crippen LogP) is 6.21. The predicted molar refractivity (Wildman–Crippen MR) is 128 cm³/mol. The molecule has 184 valence electrons. The molecule has 0 amide bonds. The summed E-state index contributed by atoms with van der Waals surface area (Å²) in [5.74, 6) is 1.93. The van der Waals surface area contributed by atoms with E-state index in [1.165, 1.54) is 36.9 Å². The molecule has 0 radical (unpaired) electrons. The second kappa shape index (κ2) is 11.3. The fraction of sp³-hybridized carbons (Fsp3) is 0.385. The van der Waals surface area contributed by atoms with Crippen LogP contribution in [0.1, 0.15) is 36.3 Å². The zero-order valence-corrected chi connectivity index (χ0v) is 19.8. The van der Waals surface area contributed by atoms with Crippen LogP contribution >= 0.6 is 0 Å². The number of alkyl halides is 3. The standard InChI is InChI=1S/C25H29N.CHF3O3S/c1-26(18-20-10-4-2-5-11-20)19-23-16-8-14-22-15-9-17-24(25(22)23)21-12-6-3-7-13-21;2-1(3,4)8(5,6)7/h2-7,9-13,15,17,23-25H,8,14,16,18-19H2,1H3;(H,5,6,7)/t23?,24-,25-;/m1./s1.